The van der Waals surface area contributed by atoms with Crippen molar-refractivity contribution in [2.75, 3.05) is 25.6 Å². The largest absolute Gasteiger partial charge is 0.399 e. The molecular weight excluding hydrogens is 402 g/mol. The first-order chi connectivity index (χ1) is 13.1. The number of halogens is 3. The Morgan fingerprint density at radius 2 is 2.04 bits per heavy atom. The predicted octanol–water partition coefficient (Wildman–Crippen LogP) is 3.28. The van der Waals surface area contributed by atoms with Gasteiger partial charge < -0.3 is 19.5 Å². The summed E-state index contributed by atoms with van der Waals surface area (Å²) >= 11 is 0. The molecular formula is C15H21F3N5O4P. The smallest absolute Gasteiger partial charge is 0.382 e. The second-order valence-corrected chi connectivity index (χ2v) is 8.54. The van der Waals surface area contributed by atoms with Crippen LogP contribution in [0.2, 0.25) is 0 Å². The monoisotopic (exact) mass is 423 g/mol. The minimum atomic E-state index is -4.83. The minimum Gasteiger partial charge on any atom is -0.382 e. The maximum Gasteiger partial charge on any atom is 0.399 e. The van der Waals surface area contributed by atoms with Crippen molar-refractivity contribution in [2.24, 2.45) is 0 Å². The zero-order chi connectivity index (χ0) is 20.6. The van der Waals surface area contributed by atoms with Crippen LogP contribution in [-0.2, 0) is 18.3 Å². The van der Waals surface area contributed by atoms with Gasteiger partial charge in [-0.15, -0.1) is 0 Å². The van der Waals surface area contributed by atoms with Crippen LogP contribution in [0.4, 0.5) is 19.0 Å². The van der Waals surface area contributed by atoms with Gasteiger partial charge in [0.25, 0.3) is 0 Å². The van der Waals surface area contributed by atoms with Crippen LogP contribution >= 0.6 is 7.60 Å². The number of hydrogen-bond acceptors (Lipinski definition) is 8. The van der Waals surface area contributed by atoms with Crippen LogP contribution in [0.3, 0.4) is 0 Å². The van der Waals surface area contributed by atoms with E-state index in [9.17, 15) is 13.3 Å². The fraction of sp³-hybridized carbons (Fsp3) is 0.667. The molecule has 1 aliphatic heterocycles. The first-order valence-corrected chi connectivity index (χ1v) is 10.2. The second kappa shape index (κ2) is 7.58. The maximum atomic E-state index is 15.2. The molecule has 2 aromatic rings. The molecule has 1 saturated heterocycles. The Morgan fingerprint density at radius 3 is 2.68 bits per heavy atom. The standard InChI is InChI=1S/C15H21F3N5O4P/c1-3-26-28(24,27-4-2)15(17,18)6-14(16)5-10(25-7-14)23-9-22-11-12(19)20-8-21-13(11)23/h8-10H,3-7H2,1-2H3,(H2,19,20,21)/t10-,14-/m1/s1. The minimum absolute atomic E-state index is 0.133. The second-order valence-electron chi connectivity index (χ2n) is 6.38. The highest BCUT2D eigenvalue weighted by Crippen LogP contribution is 2.65. The SMILES string of the molecule is CCOP(=O)(OCC)C(F)(F)C[C@@]1(F)CO[C@@H](n2cnc3c(N)ncnc32)C1. The molecule has 2 aromatic heterocycles. The molecule has 0 spiro atoms. The number of hydrogen-bond donors (Lipinski definition) is 1. The summed E-state index contributed by atoms with van der Waals surface area (Å²) < 4.78 is 73.1. The molecule has 9 nitrogen and oxygen atoms in total. The van der Waals surface area contributed by atoms with Crippen LogP contribution in [0.5, 0.6) is 0 Å². The van der Waals surface area contributed by atoms with Crippen molar-refractivity contribution in [2.45, 2.75) is 44.2 Å². The number of ether oxygens (including phenoxy) is 1. The van der Waals surface area contributed by atoms with E-state index in [1.807, 2.05) is 0 Å². The molecule has 0 radical (unpaired) electrons. The van der Waals surface area contributed by atoms with Crippen LogP contribution in [0.1, 0.15) is 32.9 Å². The van der Waals surface area contributed by atoms with Gasteiger partial charge in [-0.2, -0.15) is 8.78 Å². The number of nitrogens with zero attached hydrogens (tertiary/aromatic N) is 4. The van der Waals surface area contributed by atoms with E-state index in [-0.39, 0.29) is 19.0 Å². The highest BCUT2D eigenvalue weighted by atomic mass is 31.2. The van der Waals surface area contributed by atoms with Gasteiger partial charge in [-0.1, -0.05) is 0 Å². The summed E-state index contributed by atoms with van der Waals surface area (Å²) in [4.78, 5) is 11.9. The average molecular weight is 423 g/mol. The van der Waals surface area contributed by atoms with Crippen molar-refractivity contribution >= 4 is 24.6 Å². The van der Waals surface area contributed by atoms with E-state index in [0.29, 0.717) is 11.2 Å². The summed E-state index contributed by atoms with van der Waals surface area (Å²) in [5.41, 5.74) is -0.169. The number of nitrogens with two attached hydrogens (primary N) is 1. The van der Waals surface area contributed by atoms with Crippen molar-refractivity contribution < 1.29 is 31.5 Å². The first kappa shape index (κ1) is 21.0. The third kappa shape index (κ3) is 3.73. The Labute approximate surface area is 158 Å². The maximum absolute atomic E-state index is 15.2. The molecule has 0 aromatic carbocycles. The van der Waals surface area contributed by atoms with E-state index in [1.165, 1.54) is 31.1 Å². The molecule has 0 aliphatic carbocycles. The summed E-state index contributed by atoms with van der Waals surface area (Å²) in [5.74, 6) is 0.133. The van der Waals surface area contributed by atoms with Crippen molar-refractivity contribution in [3.8, 4) is 0 Å². The number of rotatable bonds is 8. The molecule has 3 heterocycles. The topological polar surface area (TPSA) is 114 Å². The number of imidazole rings is 1. The van der Waals surface area contributed by atoms with Gasteiger partial charge in [-0.05, 0) is 13.8 Å². The molecule has 0 amide bonds. The van der Waals surface area contributed by atoms with Crippen molar-refractivity contribution in [3.63, 3.8) is 0 Å². The Kier molecular flexibility index (Phi) is 5.68. The zero-order valence-corrected chi connectivity index (χ0v) is 16.2. The summed E-state index contributed by atoms with van der Waals surface area (Å²) in [6.07, 6.45) is -0.176. The average Bonchev–Trinajstić information content (AvgIpc) is 3.19. The van der Waals surface area contributed by atoms with Crippen molar-refractivity contribution in [3.05, 3.63) is 12.7 Å². The Hall–Kier alpha value is -1.75. The predicted molar refractivity (Wildman–Crippen MR) is 93.6 cm³/mol. The fourth-order valence-corrected chi connectivity index (χ4v) is 4.71. The Balaban J connectivity index is 1.81. The van der Waals surface area contributed by atoms with Crippen molar-refractivity contribution in [1.82, 2.24) is 19.5 Å². The van der Waals surface area contributed by atoms with Gasteiger partial charge in [0.2, 0.25) is 0 Å². The summed E-state index contributed by atoms with van der Waals surface area (Å²) in [7, 11) is -4.83. The highest BCUT2D eigenvalue weighted by Gasteiger charge is 2.59. The lowest BCUT2D eigenvalue weighted by Crippen LogP contribution is -2.34. The van der Waals surface area contributed by atoms with E-state index in [2.05, 4.69) is 24.0 Å². The van der Waals surface area contributed by atoms with Gasteiger partial charge in [0, 0.05) is 6.42 Å². The number of alkyl halides is 3. The number of nitrogen functional groups attached to an aromatic ring is 1. The lowest BCUT2D eigenvalue weighted by Gasteiger charge is -2.29. The van der Waals surface area contributed by atoms with Gasteiger partial charge in [-0.3, -0.25) is 9.13 Å². The van der Waals surface area contributed by atoms with E-state index in [0.717, 1.165) is 0 Å². The van der Waals surface area contributed by atoms with Gasteiger partial charge >= 0.3 is 13.3 Å². The molecule has 13 heteroatoms. The molecule has 3 rings (SSSR count). The number of aromatic nitrogens is 4. The van der Waals surface area contributed by atoms with E-state index < -0.39 is 44.6 Å². The van der Waals surface area contributed by atoms with Gasteiger partial charge in [-0.25, -0.2) is 19.3 Å². The first-order valence-electron chi connectivity index (χ1n) is 8.65. The normalized spacial score (nSPS) is 23.5. The van der Waals surface area contributed by atoms with E-state index >= 15 is 4.39 Å². The van der Waals surface area contributed by atoms with Crippen molar-refractivity contribution in [1.29, 1.82) is 0 Å². The molecule has 0 saturated carbocycles. The van der Waals surface area contributed by atoms with Crippen LogP contribution < -0.4 is 5.73 Å². The third-order valence-corrected chi connectivity index (χ3v) is 6.46. The number of fused-ring (bicyclic) bond motifs is 1. The van der Waals surface area contributed by atoms with Crippen LogP contribution in [0.15, 0.2) is 12.7 Å². The van der Waals surface area contributed by atoms with E-state index in [1.54, 1.807) is 0 Å². The Morgan fingerprint density at radius 1 is 1.36 bits per heavy atom. The lowest BCUT2D eigenvalue weighted by molar-refractivity contribution is -0.0239. The van der Waals surface area contributed by atoms with Gasteiger partial charge in [0.1, 0.15) is 23.7 Å². The fourth-order valence-electron chi connectivity index (χ4n) is 3.10. The molecule has 2 atom stereocenters. The Bertz CT molecular complexity index is 888. The van der Waals surface area contributed by atoms with Crippen LogP contribution in [-0.4, -0.2) is 50.7 Å². The molecule has 156 valence electrons. The lowest BCUT2D eigenvalue weighted by atomic mass is 10.0. The zero-order valence-electron chi connectivity index (χ0n) is 15.3. The quantitative estimate of drug-likeness (QED) is 0.644. The van der Waals surface area contributed by atoms with Gasteiger partial charge in [0.05, 0.1) is 32.6 Å². The molecule has 2 N–H and O–H groups in total. The van der Waals surface area contributed by atoms with E-state index in [4.69, 9.17) is 10.5 Å². The summed E-state index contributed by atoms with van der Waals surface area (Å²) in [6, 6.07) is 0. The van der Waals surface area contributed by atoms with Crippen LogP contribution in [0.25, 0.3) is 11.2 Å². The molecule has 28 heavy (non-hydrogen) atoms. The molecule has 0 unspecified atom stereocenters. The number of anilines is 1. The third-order valence-electron chi connectivity index (χ3n) is 4.30. The summed E-state index contributed by atoms with van der Waals surface area (Å²) in [6.45, 7) is 1.67. The van der Waals surface area contributed by atoms with Crippen LogP contribution in [0, 0.1) is 0 Å². The summed E-state index contributed by atoms with van der Waals surface area (Å²) in [5, 5.41) is 0. The molecule has 0 bridgehead atoms. The molecule has 1 aliphatic rings. The molecule has 1 fully saturated rings. The highest BCUT2D eigenvalue weighted by molar-refractivity contribution is 7.55. The van der Waals surface area contributed by atoms with Gasteiger partial charge in [0.15, 0.2) is 11.5 Å².